The second kappa shape index (κ2) is 76.9. The average molecular weight is 1500 g/mol. The third kappa shape index (κ3) is 75.9. The van der Waals surface area contributed by atoms with Crippen molar-refractivity contribution in [1.29, 1.82) is 0 Å². The van der Waals surface area contributed by atoms with Crippen LogP contribution in [0.3, 0.4) is 0 Å². The van der Waals surface area contributed by atoms with Gasteiger partial charge in [0.25, 0.3) is 0 Å². The molecule has 0 aliphatic rings. The average Bonchev–Trinajstić information content (AvgIpc) is 0.906. The Kier molecular flexibility index (Phi) is 73.7. The number of unbranched alkanes of at least 4 members (excludes halogenated alkanes) is 33. The molecule has 0 aromatic heterocycles. The molecule has 19 heteroatoms. The maximum atomic E-state index is 13.1. The molecule has 0 aliphatic heterocycles. The zero-order chi connectivity index (χ0) is 76.0. The van der Waals surface area contributed by atoms with Gasteiger partial charge in [-0.2, -0.15) is 0 Å². The Bertz CT molecular complexity index is 2390. The first-order chi connectivity index (χ1) is 50.7. The predicted octanol–water partition coefficient (Wildman–Crippen LogP) is 24.1. The van der Waals surface area contributed by atoms with E-state index in [4.69, 9.17) is 37.0 Å². The van der Waals surface area contributed by atoms with Crippen LogP contribution < -0.4 is 0 Å². The number of carbonyl (C=O) groups excluding carboxylic acids is 4. The summed E-state index contributed by atoms with van der Waals surface area (Å²) in [4.78, 5) is 73.1. The van der Waals surface area contributed by atoms with Crippen molar-refractivity contribution in [3.8, 4) is 0 Å². The van der Waals surface area contributed by atoms with E-state index in [1.807, 2.05) is 0 Å². The van der Waals surface area contributed by atoms with Crippen LogP contribution in [0.1, 0.15) is 349 Å². The van der Waals surface area contributed by atoms with E-state index in [0.29, 0.717) is 25.7 Å². The molecule has 0 saturated heterocycles. The lowest BCUT2D eigenvalue weighted by Gasteiger charge is -2.21. The summed E-state index contributed by atoms with van der Waals surface area (Å²) in [5, 5.41) is 10.6. The Morgan fingerprint density at radius 2 is 0.519 bits per heavy atom. The molecule has 600 valence electrons. The third-order valence-electron chi connectivity index (χ3n) is 17.2. The molecule has 5 atom stereocenters. The highest BCUT2D eigenvalue weighted by molar-refractivity contribution is 7.47. The van der Waals surface area contributed by atoms with Crippen molar-refractivity contribution in [1.82, 2.24) is 0 Å². The van der Waals surface area contributed by atoms with Gasteiger partial charge in [-0.3, -0.25) is 37.3 Å². The molecule has 0 fully saturated rings. The fourth-order valence-corrected chi connectivity index (χ4v) is 12.5. The molecule has 3 N–H and O–H groups in total. The molecule has 0 heterocycles. The zero-order valence-electron chi connectivity index (χ0n) is 65.7. The van der Waals surface area contributed by atoms with Crippen molar-refractivity contribution >= 4 is 39.5 Å². The SMILES string of the molecule is CC/C=C\C/C=C\C/C=C\C/C=C\CCCCCCCCC(=O)OCC(COP(=O)(O)OCC(O)COP(=O)(O)OCC(COC(=O)CCCCCCC/C=C\C/C=C\CCC)OC(=O)CCCCCCCCCCCCCCC)OC(=O)CCCCCCCC/C=C\C/C=C\C/C=C\CCCCC. The molecule has 0 spiro atoms. The minimum absolute atomic E-state index is 0.0760. The summed E-state index contributed by atoms with van der Waals surface area (Å²) < 4.78 is 68.7. The van der Waals surface area contributed by atoms with E-state index < -0.39 is 97.5 Å². The van der Waals surface area contributed by atoms with Crippen molar-refractivity contribution in [2.45, 2.75) is 367 Å². The largest absolute Gasteiger partial charge is 0.472 e. The van der Waals surface area contributed by atoms with E-state index in [-0.39, 0.29) is 25.7 Å². The summed E-state index contributed by atoms with van der Waals surface area (Å²) in [5.41, 5.74) is 0. The quantitative estimate of drug-likeness (QED) is 0.0169. The highest BCUT2D eigenvalue weighted by atomic mass is 31.2. The van der Waals surface area contributed by atoms with Gasteiger partial charge in [0.05, 0.1) is 26.4 Å². The number of carbonyl (C=O) groups is 4. The number of phosphoric acid groups is 2. The van der Waals surface area contributed by atoms with Gasteiger partial charge in [-0.1, -0.05) is 304 Å². The van der Waals surface area contributed by atoms with Crippen LogP contribution in [0.25, 0.3) is 0 Å². The van der Waals surface area contributed by atoms with E-state index in [0.717, 1.165) is 199 Å². The lowest BCUT2D eigenvalue weighted by molar-refractivity contribution is -0.161. The molecule has 5 unspecified atom stereocenters. The van der Waals surface area contributed by atoms with Gasteiger partial charge in [-0.15, -0.1) is 0 Å². The van der Waals surface area contributed by atoms with E-state index >= 15 is 0 Å². The van der Waals surface area contributed by atoms with Gasteiger partial charge in [0.1, 0.15) is 19.3 Å². The molecule has 0 aliphatic carbocycles. The minimum Gasteiger partial charge on any atom is -0.462 e. The molecule has 17 nitrogen and oxygen atoms in total. The van der Waals surface area contributed by atoms with Crippen LogP contribution in [0.15, 0.2) is 109 Å². The monoisotopic (exact) mass is 1500 g/mol. The summed E-state index contributed by atoms with van der Waals surface area (Å²) in [7, 11) is -9.96. The summed E-state index contributed by atoms with van der Waals surface area (Å²) >= 11 is 0. The van der Waals surface area contributed by atoms with Crippen LogP contribution in [0.4, 0.5) is 0 Å². The fourth-order valence-electron chi connectivity index (χ4n) is 11.0. The van der Waals surface area contributed by atoms with Gasteiger partial charge >= 0.3 is 39.5 Å². The first-order valence-electron chi connectivity index (χ1n) is 41.1. The van der Waals surface area contributed by atoms with E-state index in [2.05, 4.69) is 137 Å². The standard InChI is InChI=1S/C85H148O17P2/c1-5-9-13-17-21-25-29-33-35-37-39-41-43-47-50-54-58-62-66-70-83(88)96-76-81(102-85(90)72-68-64-60-56-52-48-44-42-40-38-36-34-30-26-22-18-14-10-6-2)78-100-104(93,94)98-74-79(86)73-97-103(91,92)99-77-80(101-84(89)71-67-63-59-55-51-46-32-28-24-20-16-12-8-4)75-95-82(87)69-65-61-57-53-49-45-31-27-23-19-15-11-7-3/h9,13,15,19,21-22,25-27,31,33-36,39-42,79-81,86H,5-8,10-12,14,16-18,20,23-24,28-30,32,37-38,43-78H2,1-4H3,(H,91,92)(H,93,94)/b13-9-,19-15-,25-21-,26-22-,31-27-,35-33-,36-34-,41-39-,42-40-. The maximum Gasteiger partial charge on any atom is 0.472 e. The normalized spacial score (nSPS) is 14.4. The van der Waals surface area contributed by atoms with Gasteiger partial charge in [-0.25, -0.2) is 9.13 Å². The van der Waals surface area contributed by atoms with E-state index in [1.165, 1.54) is 70.6 Å². The topological polar surface area (TPSA) is 237 Å². The molecule has 0 radical (unpaired) electrons. The van der Waals surface area contributed by atoms with E-state index in [9.17, 15) is 43.2 Å². The Hall–Kier alpha value is -4.28. The Balaban J connectivity index is 5.37. The molecule has 104 heavy (non-hydrogen) atoms. The third-order valence-corrected chi connectivity index (χ3v) is 19.1. The van der Waals surface area contributed by atoms with Crippen molar-refractivity contribution in [2.24, 2.45) is 0 Å². The van der Waals surface area contributed by atoms with Gasteiger partial charge in [0.15, 0.2) is 12.2 Å². The van der Waals surface area contributed by atoms with Crippen molar-refractivity contribution in [3.63, 3.8) is 0 Å². The number of esters is 4. The van der Waals surface area contributed by atoms with Gasteiger partial charge in [0, 0.05) is 25.7 Å². The zero-order valence-corrected chi connectivity index (χ0v) is 67.5. The van der Waals surface area contributed by atoms with Crippen molar-refractivity contribution in [3.05, 3.63) is 109 Å². The number of phosphoric ester groups is 2. The molecule has 0 rings (SSSR count). The van der Waals surface area contributed by atoms with Crippen LogP contribution in [0, 0.1) is 0 Å². The fraction of sp³-hybridized carbons (Fsp3) is 0.741. The second-order valence-electron chi connectivity index (χ2n) is 27.3. The summed E-state index contributed by atoms with van der Waals surface area (Å²) in [6.45, 7) is 4.67. The number of rotatable bonds is 77. The van der Waals surface area contributed by atoms with Gasteiger partial charge < -0.3 is 33.8 Å². The van der Waals surface area contributed by atoms with Crippen LogP contribution in [0.2, 0.25) is 0 Å². The molecular weight excluding hydrogens is 1350 g/mol. The number of hydrogen-bond acceptors (Lipinski definition) is 15. The number of aliphatic hydroxyl groups is 1. The lowest BCUT2D eigenvalue weighted by atomic mass is 10.0. The first-order valence-corrected chi connectivity index (χ1v) is 44.1. The predicted molar refractivity (Wildman–Crippen MR) is 427 cm³/mol. The summed E-state index contributed by atoms with van der Waals surface area (Å²) in [5.74, 6) is -2.20. The number of aliphatic hydroxyl groups excluding tert-OH is 1. The second-order valence-corrected chi connectivity index (χ2v) is 30.2. The number of allylic oxidation sites excluding steroid dienone is 18. The highest BCUT2D eigenvalue weighted by Gasteiger charge is 2.30. The van der Waals surface area contributed by atoms with Crippen molar-refractivity contribution < 1.29 is 80.2 Å². The van der Waals surface area contributed by atoms with Crippen LogP contribution in [-0.4, -0.2) is 96.7 Å². The molecule has 0 saturated carbocycles. The van der Waals surface area contributed by atoms with Crippen LogP contribution in [-0.2, 0) is 65.4 Å². The summed E-state index contributed by atoms with van der Waals surface area (Å²) in [6, 6.07) is 0. The Morgan fingerprint density at radius 3 is 0.827 bits per heavy atom. The van der Waals surface area contributed by atoms with Gasteiger partial charge in [0.2, 0.25) is 0 Å². The molecule has 0 bridgehead atoms. The van der Waals surface area contributed by atoms with Crippen LogP contribution >= 0.6 is 15.6 Å². The van der Waals surface area contributed by atoms with Crippen molar-refractivity contribution in [2.75, 3.05) is 39.6 Å². The van der Waals surface area contributed by atoms with Crippen LogP contribution in [0.5, 0.6) is 0 Å². The number of hydrogen-bond donors (Lipinski definition) is 3. The Labute approximate surface area is 632 Å². The molecule has 0 aromatic carbocycles. The highest BCUT2D eigenvalue weighted by Crippen LogP contribution is 2.45. The molecule has 0 amide bonds. The first kappa shape index (κ1) is 99.7. The maximum absolute atomic E-state index is 13.1. The smallest absolute Gasteiger partial charge is 0.462 e. The summed E-state index contributed by atoms with van der Waals surface area (Å²) in [6.07, 6.45) is 83.4. The lowest BCUT2D eigenvalue weighted by Crippen LogP contribution is -2.30. The molecule has 0 aromatic rings. The Morgan fingerprint density at radius 1 is 0.279 bits per heavy atom. The van der Waals surface area contributed by atoms with Gasteiger partial charge in [-0.05, 0) is 128 Å². The minimum atomic E-state index is -4.99. The molecular formula is C85H148O17P2. The number of ether oxygens (including phenoxy) is 4. The van der Waals surface area contributed by atoms with E-state index in [1.54, 1.807) is 0 Å².